The van der Waals surface area contributed by atoms with Crippen molar-refractivity contribution in [3.63, 3.8) is 0 Å². The van der Waals surface area contributed by atoms with Crippen LogP contribution in [0.15, 0.2) is 66.7 Å². The van der Waals surface area contributed by atoms with E-state index in [2.05, 4.69) is 57.2 Å². The Hall–Kier alpha value is -3.40. The lowest BCUT2D eigenvalue weighted by atomic mass is 9.54. The molecule has 2 bridgehead atoms. The van der Waals surface area contributed by atoms with E-state index in [4.69, 9.17) is 4.74 Å². The lowest BCUT2D eigenvalue weighted by Gasteiger charge is -2.46. The van der Waals surface area contributed by atoms with E-state index < -0.39 is 0 Å². The van der Waals surface area contributed by atoms with Crippen LogP contribution in [0.3, 0.4) is 0 Å². The van der Waals surface area contributed by atoms with Crippen LogP contribution in [0.2, 0.25) is 0 Å². The Labute approximate surface area is 206 Å². The van der Waals surface area contributed by atoms with Gasteiger partial charge in [-0.3, -0.25) is 9.59 Å². The number of unbranched alkanes of at least 4 members (excludes halogenated alkanes) is 1. The van der Waals surface area contributed by atoms with E-state index in [0.717, 1.165) is 18.6 Å². The zero-order valence-corrected chi connectivity index (χ0v) is 20.5. The third-order valence-corrected chi connectivity index (χ3v) is 8.09. The summed E-state index contributed by atoms with van der Waals surface area (Å²) in [5.74, 6) is 0.108. The minimum Gasteiger partial charge on any atom is -0.494 e. The lowest BCUT2D eigenvalue weighted by Crippen LogP contribution is -2.41. The number of rotatable bonds is 6. The summed E-state index contributed by atoms with van der Waals surface area (Å²) in [6.45, 7) is 7.19. The number of carbonyl (C=O) groups excluding carboxylic acids is 2. The van der Waals surface area contributed by atoms with E-state index in [1.165, 1.54) is 32.7 Å². The van der Waals surface area contributed by atoms with Crippen LogP contribution in [-0.4, -0.2) is 18.4 Å². The molecule has 0 aromatic heterocycles. The average Bonchev–Trinajstić information content (AvgIpc) is 3.14. The molecule has 4 aliphatic rings. The molecule has 1 saturated heterocycles. The van der Waals surface area contributed by atoms with Crippen LogP contribution < -0.4 is 9.64 Å². The molecular formula is C31H31NO3. The summed E-state index contributed by atoms with van der Waals surface area (Å²) < 4.78 is 5.78. The molecule has 1 heterocycles. The van der Waals surface area contributed by atoms with E-state index >= 15 is 0 Å². The fraction of sp³-hybridized carbons (Fsp3) is 0.355. The number of nitrogens with zero attached hydrogens (tertiary/aromatic N) is 1. The molecule has 3 aromatic carbocycles. The van der Waals surface area contributed by atoms with Gasteiger partial charge in [0, 0.05) is 11.8 Å². The Morgan fingerprint density at radius 1 is 0.800 bits per heavy atom. The van der Waals surface area contributed by atoms with Gasteiger partial charge in [0.05, 0.1) is 24.1 Å². The standard InChI is InChI=1S/C31H31NO3/c1-4-5-16-35-21-13-11-20(12-14-21)32-30(33)28-26-22-8-6-7-9-23(22)27(29(28)31(32)34)25-17-19(18(2)3)10-15-24(25)26/h6-15,17-18,26-29H,4-5,16H2,1-3H3/t26-,27-,28-,29-/m1/s1. The van der Waals surface area contributed by atoms with Gasteiger partial charge < -0.3 is 4.74 Å². The largest absolute Gasteiger partial charge is 0.494 e. The van der Waals surface area contributed by atoms with Crippen LogP contribution in [0, 0.1) is 11.8 Å². The molecule has 0 spiro atoms. The molecule has 3 aromatic rings. The van der Waals surface area contributed by atoms with Gasteiger partial charge in [-0.1, -0.05) is 69.7 Å². The summed E-state index contributed by atoms with van der Waals surface area (Å²) in [7, 11) is 0. The smallest absolute Gasteiger partial charge is 0.238 e. The Morgan fingerprint density at radius 3 is 2.00 bits per heavy atom. The van der Waals surface area contributed by atoms with Crippen LogP contribution in [-0.2, 0) is 9.59 Å². The molecule has 0 N–H and O–H groups in total. The van der Waals surface area contributed by atoms with E-state index in [1.54, 1.807) is 0 Å². The number of imide groups is 1. The number of benzene rings is 3. The predicted octanol–water partition coefficient (Wildman–Crippen LogP) is 6.39. The third kappa shape index (κ3) is 3.26. The lowest BCUT2D eigenvalue weighted by molar-refractivity contribution is -0.122. The molecule has 0 saturated carbocycles. The Balaban J connectivity index is 1.41. The molecule has 4 heteroatoms. The van der Waals surface area contributed by atoms with Crippen molar-refractivity contribution in [3.05, 3.63) is 94.5 Å². The molecular weight excluding hydrogens is 434 g/mol. The van der Waals surface area contributed by atoms with Gasteiger partial charge in [-0.2, -0.15) is 0 Å². The molecule has 2 amide bonds. The highest BCUT2D eigenvalue weighted by atomic mass is 16.5. The second kappa shape index (κ2) is 8.37. The van der Waals surface area contributed by atoms with Crippen LogP contribution in [0.25, 0.3) is 0 Å². The van der Waals surface area contributed by atoms with Crippen molar-refractivity contribution >= 4 is 17.5 Å². The number of hydrogen-bond donors (Lipinski definition) is 0. The Kier molecular flexibility index (Phi) is 5.28. The highest BCUT2D eigenvalue weighted by Crippen LogP contribution is 2.61. The first-order chi connectivity index (χ1) is 17.0. The van der Waals surface area contributed by atoms with Gasteiger partial charge in [-0.05, 0) is 64.4 Å². The van der Waals surface area contributed by atoms with Gasteiger partial charge in [0.15, 0.2) is 0 Å². The van der Waals surface area contributed by atoms with E-state index in [1.807, 2.05) is 30.3 Å². The Bertz CT molecular complexity index is 1310. The van der Waals surface area contributed by atoms with Crippen LogP contribution in [0.5, 0.6) is 5.75 Å². The molecule has 1 fully saturated rings. The van der Waals surface area contributed by atoms with Crippen molar-refractivity contribution in [1.29, 1.82) is 0 Å². The monoisotopic (exact) mass is 465 g/mol. The van der Waals surface area contributed by atoms with Crippen LogP contribution in [0.1, 0.15) is 79.2 Å². The number of anilines is 1. The van der Waals surface area contributed by atoms with Gasteiger partial charge in [0.25, 0.3) is 0 Å². The summed E-state index contributed by atoms with van der Waals surface area (Å²) in [5.41, 5.74) is 6.75. The number of hydrogen-bond acceptors (Lipinski definition) is 3. The summed E-state index contributed by atoms with van der Waals surface area (Å²) in [6.07, 6.45) is 2.07. The summed E-state index contributed by atoms with van der Waals surface area (Å²) >= 11 is 0. The van der Waals surface area contributed by atoms with Crippen LogP contribution in [0.4, 0.5) is 5.69 Å². The van der Waals surface area contributed by atoms with Gasteiger partial charge >= 0.3 is 0 Å². The molecule has 1 aliphatic heterocycles. The highest BCUT2D eigenvalue weighted by Gasteiger charge is 2.61. The molecule has 4 atom stereocenters. The molecule has 0 radical (unpaired) electrons. The molecule has 35 heavy (non-hydrogen) atoms. The van der Waals surface area contributed by atoms with Crippen molar-refractivity contribution in [2.75, 3.05) is 11.5 Å². The molecule has 4 nitrogen and oxygen atoms in total. The quantitative estimate of drug-likeness (QED) is 0.313. The summed E-state index contributed by atoms with van der Waals surface area (Å²) in [4.78, 5) is 29.3. The topological polar surface area (TPSA) is 46.6 Å². The van der Waals surface area contributed by atoms with Gasteiger partial charge in [-0.15, -0.1) is 0 Å². The van der Waals surface area contributed by atoms with E-state index in [9.17, 15) is 9.59 Å². The summed E-state index contributed by atoms with van der Waals surface area (Å²) in [6, 6.07) is 22.5. The average molecular weight is 466 g/mol. The second-order valence-electron chi connectivity index (χ2n) is 10.4. The van der Waals surface area contributed by atoms with Gasteiger partial charge in [0.1, 0.15) is 5.75 Å². The third-order valence-electron chi connectivity index (χ3n) is 8.09. The first kappa shape index (κ1) is 22.1. The van der Waals surface area contributed by atoms with Crippen molar-refractivity contribution in [1.82, 2.24) is 0 Å². The first-order valence-electron chi connectivity index (χ1n) is 12.8. The maximum Gasteiger partial charge on any atom is 0.238 e. The second-order valence-corrected chi connectivity index (χ2v) is 10.4. The minimum absolute atomic E-state index is 0.0789. The molecule has 178 valence electrons. The van der Waals surface area contributed by atoms with Crippen LogP contribution >= 0.6 is 0 Å². The zero-order valence-electron chi connectivity index (χ0n) is 20.5. The van der Waals surface area contributed by atoms with Gasteiger partial charge in [0.2, 0.25) is 11.8 Å². The fourth-order valence-electron chi connectivity index (χ4n) is 6.39. The molecule has 3 aliphatic carbocycles. The SMILES string of the molecule is CCCCOc1ccc(N2C(=O)[C@@H]3[C@@H]4c5ccccc5[C@H](c5cc(C(C)C)ccc54)[C@H]3C2=O)cc1. The molecule has 7 rings (SSSR count). The van der Waals surface area contributed by atoms with Crippen molar-refractivity contribution < 1.29 is 14.3 Å². The Morgan fingerprint density at radius 2 is 1.40 bits per heavy atom. The van der Waals surface area contributed by atoms with E-state index in [-0.39, 0.29) is 35.5 Å². The van der Waals surface area contributed by atoms with Crippen molar-refractivity contribution in [3.8, 4) is 5.75 Å². The van der Waals surface area contributed by atoms with Crippen molar-refractivity contribution in [2.24, 2.45) is 11.8 Å². The maximum atomic E-state index is 13.9. The predicted molar refractivity (Wildman–Crippen MR) is 137 cm³/mol. The zero-order chi connectivity index (χ0) is 24.3. The van der Waals surface area contributed by atoms with E-state index in [0.29, 0.717) is 18.2 Å². The van der Waals surface area contributed by atoms with Crippen molar-refractivity contribution in [2.45, 2.75) is 51.4 Å². The number of ether oxygens (including phenoxy) is 1. The minimum atomic E-state index is -0.363. The number of carbonyl (C=O) groups is 2. The van der Waals surface area contributed by atoms with Gasteiger partial charge in [-0.25, -0.2) is 4.90 Å². The maximum absolute atomic E-state index is 13.9. The fourth-order valence-corrected chi connectivity index (χ4v) is 6.39. The number of amides is 2. The normalized spacial score (nSPS) is 23.9. The molecule has 0 unspecified atom stereocenters. The first-order valence-corrected chi connectivity index (χ1v) is 12.8. The summed E-state index contributed by atoms with van der Waals surface area (Å²) in [5, 5.41) is 0. The highest BCUT2D eigenvalue weighted by molar-refractivity contribution is 6.23.